The van der Waals surface area contributed by atoms with Crippen LogP contribution in [0, 0.1) is 13.8 Å². The van der Waals surface area contributed by atoms with Crippen molar-refractivity contribution >= 4 is 17.3 Å². The predicted molar refractivity (Wildman–Crippen MR) is 104 cm³/mol. The topological polar surface area (TPSA) is 25.6 Å². The fourth-order valence-electron chi connectivity index (χ4n) is 4.26. The molecule has 0 N–H and O–H groups in total. The van der Waals surface area contributed by atoms with Gasteiger partial charge in [-0.1, -0.05) is 29.8 Å². The number of furan rings is 1. The zero-order valence-electron chi connectivity index (χ0n) is 15.3. The second-order valence-corrected chi connectivity index (χ2v) is 7.40. The van der Waals surface area contributed by atoms with E-state index in [9.17, 15) is 0 Å². The summed E-state index contributed by atoms with van der Waals surface area (Å²) in [6.45, 7) is 4.67. The summed E-state index contributed by atoms with van der Waals surface area (Å²) in [5, 5.41) is 0. The molecule has 5 rings (SSSR count). The lowest BCUT2D eigenvalue weighted by Crippen LogP contribution is -2.15. The first kappa shape index (κ1) is 15.6. The molecular formula is C23H23NO2. The maximum Gasteiger partial charge on any atom is 0.247 e. The molecule has 0 radical (unpaired) electrons. The molecule has 1 aliphatic heterocycles. The van der Waals surface area contributed by atoms with Gasteiger partial charge in [0, 0.05) is 11.6 Å². The van der Waals surface area contributed by atoms with Crippen molar-refractivity contribution in [1.82, 2.24) is 0 Å². The highest BCUT2D eigenvalue weighted by molar-refractivity contribution is 5.82. The first-order chi connectivity index (χ1) is 12.7. The summed E-state index contributed by atoms with van der Waals surface area (Å²) in [7, 11) is 0. The standard InChI is InChI=1S/C23H23NO2/c1-15-10-11-20-18(12-15)14-25-22-13-16(2)26-23(22)24(20)21-9-5-7-17-6-3-4-8-19(17)21/h5,7,9-13H,3-4,6,8,14H2,1-2H3. The molecule has 2 heterocycles. The molecule has 132 valence electrons. The molecule has 3 nitrogen and oxygen atoms in total. The van der Waals surface area contributed by atoms with E-state index >= 15 is 0 Å². The summed E-state index contributed by atoms with van der Waals surface area (Å²) in [5.41, 5.74) is 7.75. The molecule has 0 fully saturated rings. The van der Waals surface area contributed by atoms with Crippen LogP contribution in [0.3, 0.4) is 0 Å². The highest BCUT2D eigenvalue weighted by atomic mass is 16.5. The van der Waals surface area contributed by atoms with Gasteiger partial charge < -0.3 is 9.15 Å². The van der Waals surface area contributed by atoms with Crippen LogP contribution in [-0.4, -0.2) is 0 Å². The van der Waals surface area contributed by atoms with Crippen LogP contribution in [-0.2, 0) is 19.4 Å². The number of rotatable bonds is 1. The van der Waals surface area contributed by atoms with Crippen LogP contribution in [0.5, 0.6) is 5.75 Å². The Labute approximate surface area is 154 Å². The minimum atomic E-state index is 0.564. The van der Waals surface area contributed by atoms with Gasteiger partial charge in [-0.25, -0.2) is 0 Å². The Bertz CT molecular complexity index is 986. The third-order valence-corrected chi connectivity index (χ3v) is 5.48. The van der Waals surface area contributed by atoms with E-state index in [1.165, 1.54) is 40.8 Å². The van der Waals surface area contributed by atoms with Crippen LogP contribution in [0.25, 0.3) is 0 Å². The third-order valence-electron chi connectivity index (χ3n) is 5.48. The van der Waals surface area contributed by atoms with Crippen LogP contribution in [0.2, 0.25) is 0 Å². The number of fused-ring (bicyclic) bond motifs is 3. The van der Waals surface area contributed by atoms with Crippen LogP contribution < -0.4 is 9.64 Å². The second-order valence-electron chi connectivity index (χ2n) is 7.40. The number of hydrogen-bond donors (Lipinski definition) is 0. The number of nitrogens with zero attached hydrogens (tertiary/aromatic N) is 1. The van der Waals surface area contributed by atoms with Gasteiger partial charge in [-0.3, -0.25) is 4.90 Å². The number of anilines is 3. The van der Waals surface area contributed by atoms with Gasteiger partial charge in [-0.2, -0.15) is 0 Å². The summed E-state index contributed by atoms with van der Waals surface area (Å²) in [4.78, 5) is 2.27. The quantitative estimate of drug-likeness (QED) is 0.530. The molecule has 3 heteroatoms. The van der Waals surface area contributed by atoms with Crippen LogP contribution in [0.1, 0.15) is 40.9 Å². The molecule has 2 aliphatic rings. The van der Waals surface area contributed by atoms with Crippen molar-refractivity contribution in [3.63, 3.8) is 0 Å². The van der Waals surface area contributed by atoms with E-state index in [0.717, 1.165) is 35.9 Å². The van der Waals surface area contributed by atoms with E-state index in [-0.39, 0.29) is 0 Å². The van der Waals surface area contributed by atoms with Gasteiger partial charge in [0.25, 0.3) is 0 Å². The summed E-state index contributed by atoms with van der Waals surface area (Å²) >= 11 is 0. The largest absolute Gasteiger partial charge is 0.483 e. The van der Waals surface area contributed by atoms with E-state index < -0.39 is 0 Å². The lowest BCUT2D eigenvalue weighted by atomic mass is 9.90. The van der Waals surface area contributed by atoms with Gasteiger partial charge in [0.2, 0.25) is 5.88 Å². The molecule has 0 saturated heterocycles. The molecule has 0 saturated carbocycles. The fraction of sp³-hybridized carbons (Fsp3) is 0.304. The van der Waals surface area contributed by atoms with E-state index in [0.29, 0.717) is 6.61 Å². The molecule has 0 bridgehead atoms. The van der Waals surface area contributed by atoms with E-state index in [1.54, 1.807) is 0 Å². The SMILES string of the molecule is Cc1ccc2c(c1)COc1cc(C)oc1N2c1cccc2c1CCCC2. The average molecular weight is 345 g/mol. The Morgan fingerprint density at radius 3 is 2.69 bits per heavy atom. The van der Waals surface area contributed by atoms with Crippen molar-refractivity contribution in [3.05, 3.63) is 70.5 Å². The Morgan fingerprint density at radius 2 is 1.77 bits per heavy atom. The Kier molecular flexibility index (Phi) is 3.56. The minimum Gasteiger partial charge on any atom is -0.483 e. The number of aryl methyl sites for hydroxylation is 3. The summed E-state index contributed by atoms with van der Waals surface area (Å²) < 4.78 is 12.2. The van der Waals surface area contributed by atoms with Gasteiger partial charge in [0.05, 0.1) is 11.4 Å². The molecule has 0 atom stereocenters. The van der Waals surface area contributed by atoms with Crippen LogP contribution in [0.15, 0.2) is 46.9 Å². The van der Waals surface area contributed by atoms with Crippen LogP contribution in [0.4, 0.5) is 17.3 Å². The van der Waals surface area contributed by atoms with Crippen molar-refractivity contribution in [2.75, 3.05) is 4.90 Å². The summed E-state index contributed by atoms with van der Waals surface area (Å²) in [6.07, 6.45) is 4.82. The van der Waals surface area contributed by atoms with Gasteiger partial charge in [0.1, 0.15) is 12.4 Å². The van der Waals surface area contributed by atoms with Crippen molar-refractivity contribution in [3.8, 4) is 5.75 Å². The zero-order valence-corrected chi connectivity index (χ0v) is 15.3. The zero-order chi connectivity index (χ0) is 17.7. The average Bonchev–Trinajstić information content (AvgIpc) is 2.95. The lowest BCUT2D eigenvalue weighted by Gasteiger charge is -2.28. The van der Waals surface area contributed by atoms with Gasteiger partial charge in [-0.15, -0.1) is 0 Å². The molecule has 0 amide bonds. The summed E-state index contributed by atoms with van der Waals surface area (Å²) in [5.74, 6) is 2.49. The van der Waals surface area contributed by atoms with Crippen molar-refractivity contribution < 1.29 is 9.15 Å². The van der Waals surface area contributed by atoms with E-state index in [1.807, 2.05) is 13.0 Å². The highest BCUT2D eigenvalue weighted by Crippen LogP contribution is 2.48. The Balaban J connectivity index is 1.78. The van der Waals surface area contributed by atoms with Gasteiger partial charge in [-0.05, 0) is 62.8 Å². The maximum atomic E-state index is 6.13. The molecule has 3 aromatic rings. The number of benzene rings is 2. The minimum absolute atomic E-state index is 0.564. The Hall–Kier alpha value is -2.68. The molecule has 26 heavy (non-hydrogen) atoms. The van der Waals surface area contributed by atoms with Crippen LogP contribution >= 0.6 is 0 Å². The third kappa shape index (κ3) is 2.42. The smallest absolute Gasteiger partial charge is 0.247 e. The second kappa shape index (κ2) is 5.94. The first-order valence-electron chi connectivity index (χ1n) is 9.44. The van der Waals surface area contributed by atoms with Crippen molar-refractivity contribution in [2.24, 2.45) is 0 Å². The van der Waals surface area contributed by atoms with Crippen molar-refractivity contribution in [1.29, 1.82) is 0 Å². The normalized spacial score (nSPS) is 15.5. The monoisotopic (exact) mass is 345 g/mol. The number of ether oxygens (including phenoxy) is 1. The summed E-state index contributed by atoms with van der Waals surface area (Å²) in [6, 6.07) is 15.3. The van der Waals surface area contributed by atoms with E-state index in [4.69, 9.17) is 9.15 Å². The maximum absolute atomic E-state index is 6.13. The van der Waals surface area contributed by atoms with Crippen molar-refractivity contribution in [2.45, 2.75) is 46.1 Å². The number of hydrogen-bond acceptors (Lipinski definition) is 3. The lowest BCUT2D eigenvalue weighted by molar-refractivity contribution is 0.308. The molecule has 1 aromatic heterocycles. The highest BCUT2D eigenvalue weighted by Gasteiger charge is 2.29. The molecular weight excluding hydrogens is 322 g/mol. The molecule has 1 aliphatic carbocycles. The molecule has 2 aromatic carbocycles. The van der Waals surface area contributed by atoms with E-state index in [2.05, 4.69) is 48.2 Å². The molecule has 0 spiro atoms. The predicted octanol–water partition coefficient (Wildman–Crippen LogP) is 6.14. The fourth-order valence-corrected chi connectivity index (χ4v) is 4.26. The molecule has 0 unspecified atom stereocenters. The Morgan fingerprint density at radius 1 is 0.885 bits per heavy atom. The van der Waals surface area contributed by atoms with Gasteiger partial charge in [0.15, 0.2) is 5.75 Å². The van der Waals surface area contributed by atoms with Gasteiger partial charge >= 0.3 is 0 Å². The first-order valence-corrected chi connectivity index (χ1v) is 9.44.